The van der Waals surface area contributed by atoms with Gasteiger partial charge in [0, 0.05) is 6.04 Å². The summed E-state index contributed by atoms with van der Waals surface area (Å²) >= 11 is 7.81. The summed E-state index contributed by atoms with van der Waals surface area (Å²) in [4.78, 5) is 12.1. The van der Waals surface area contributed by atoms with Crippen molar-refractivity contribution in [3.63, 3.8) is 0 Å². The number of rotatable bonds is 6. The van der Waals surface area contributed by atoms with Crippen LogP contribution in [0.1, 0.15) is 23.7 Å². The molecule has 3 nitrogen and oxygen atoms in total. The van der Waals surface area contributed by atoms with E-state index in [2.05, 4.69) is 5.32 Å². The molecule has 0 fully saturated rings. The van der Waals surface area contributed by atoms with Crippen LogP contribution in [0.25, 0.3) is 0 Å². The highest BCUT2D eigenvalue weighted by Crippen LogP contribution is 2.26. The van der Waals surface area contributed by atoms with E-state index in [9.17, 15) is 4.79 Å². The number of carbonyl (C=O) groups excluding carboxylic acids is 1. The third-order valence-electron chi connectivity index (χ3n) is 2.55. The summed E-state index contributed by atoms with van der Waals surface area (Å²) in [5.41, 5.74) is 0.401. The molecule has 1 atom stereocenters. The average molecular weight is 288 g/mol. The van der Waals surface area contributed by atoms with Crippen LogP contribution in [0.2, 0.25) is 5.02 Å². The lowest BCUT2D eigenvalue weighted by Gasteiger charge is -2.15. The maximum absolute atomic E-state index is 12.1. The van der Waals surface area contributed by atoms with Crippen molar-refractivity contribution in [3.8, 4) is 5.75 Å². The largest absolute Gasteiger partial charge is 0.496 e. The molecule has 1 aromatic rings. The predicted octanol–water partition coefficient (Wildman–Crippen LogP) is 3.22. The molecule has 0 radical (unpaired) electrons. The summed E-state index contributed by atoms with van der Waals surface area (Å²) in [6, 6.07) is 5.29. The summed E-state index contributed by atoms with van der Waals surface area (Å²) in [6.45, 7) is 1.98. The van der Waals surface area contributed by atoms with Gasteiger partial charge >= 0.3 is 0 Å². The highest BCUT2D eigenvalue weighted by molar-refractivity contribution is 7.98. The molecule has 0 bridgehead atoms. The van der Waals surface area contributed by atoms with E-state index in [4.69, 9.17) is 16.3 Å². The van der Waals surface area contributed by atoms with E-state index in [1.165, 1.54) is 7.11 Å². The first-order valence-electron chi connectivity index (χ1n) is 5.72. The van der Waals surface area contributed by atoms with Crippen molar-refractivity contribution in [2.75, 3.05) is 19.1 Å². The Bertz CT molecular complexity index is 412. The minimum absolute atomic E-state index is 0.117. The molecule has 0 heterocycles. The molecule has 0 aliphatic rings. The smallest absolute Gasteiger partial charge is 0.256 e. The van der Waals surface area contributed by atoms with Gasteiger partial charge in [-0.05, 0) is 37.5 Å². The van der Waals surface area contributed by atoms with Crippen molar-refractivity contribution in [1.29, 1.82) is 0 Å². The second-order valence-electron chi connectivity index (χ2n) is 3.97. The normalized spacial score (nSPS) is 12.0. The number of thioether (sulfide) groups is 1. The van der Waals surface area contributed by atoms with E-state index in [1.807, 2.05) is 13.2 Å². The first kappa shape index (κ1) is 15.2. The summed E-state index contributed by atoms with van der Waals surface area (Å²) in [5, 5.41) is 3.34. The fourth-order valence-electron chi connectivity index (χ4n) is 1.56. The van der Waals surface area contributed by atoms with Crippen LogP contribution in [-0.2, 0) is 0 Å². The number of methoxy groups -OCH3 is 1. The van der Waals surface area contributed by atoms with E-state index in [1.54, 1.807) is 30.0 Å². The lowest BCUT2D eigenvalue weighted by Crippen LogP contribution is -2.33. The first-order valence-corrected chi connectivity index (χ1v) is 7.49. The third kappa shape index (κ3) is 4.10. The van der Waals surface area contributed by atoms with E-state index in [0.29, 0.717) is 16.3 Å². The summed E-state index contributed by atoms with van der Waals surface area (Å²) in [6.07, 6.45) is 2.98. The lowest BCUT2D eigenvalue weighted by molar-refractivity contribution is 0.0936. The predicted molar refractivity (Wildman–Crippen MR) is 77.9 cm³/mol. The Labute approximate surface area is 117 Å². The Morgan fingerprint density at radius 1 is 1.56 bits per heavy atom. The monoisotopic (exact) mass is 287 g/mol. The highest BCUT2D eigenvalue weighted by atomic mass is 35.5. The van der Waals surface area contributed by atoms with E-state index in [0.717, 1.165) is 12.2 Å². The Hall–Kier alpha value is -0.870. The third-order valence-corrected chi connectivity index (χ3v) is 3.51. The average Bonchev–Trinajstić information content (AvgIpc) is 2.35. The quantitative estimate of drug-likeness (QED) is 0.873. The van der Waals surface area contributed by atoms with Gasteiger partial charge in [-0.2, -0.15) is 11.8 Å². The Kier molecular flexibility index (Phi) is 6.36. The molecule has 1 N–H and O–H groups in total. The van der Waals surface area contributed by atoms with Crippen molar-refractivity contribution < 1.29 is 9.53 Å². The molecule has 100 valence electrons. The van der Waals surface area contributed by atoms with Gasteiger partial charge in [0.25, 0.3) is 5.91 Å². The topological polar surface area (TPSA) is 38.3 Å². The standard InChI is InChI=1S/C13H18ClNO2S/c1-9(7-8-18-3)15-13(16)12-10(14)5-4-6-11(12)17-2/h4-6,9H,7-8H2,1-3H3,(H,15,16). The van der Waals surface area contributed by atoms with Crippen molar-refractivity contribution in [3.05, 3.63) is 28.8 Å². The fraction of sp³-hybridized carbons (Fsp3) is 0.462. The van der Waals surface area contributed by atoms with Crippen LogP contribution in [0.15, 0.2) is 18.2 Å². The maximum Gasteiger partial charge on any atom is 0.256 e. The summed E-state index contributed by atoms with van der Waals surface area (Å²) in [7, 11) is 1.53. The molecule has 1 rings (SSSR count). The van der Waals surface area contributed by atoms with Gasteiger partial charge in [0.05, 0.1) is 17.7 Å². The first-order chi connectivity index (χ1) is 8.60. The number of halogens is 1. The van der Waals surface area contributed by atoms with Gasteiger partial charge in [0.2, 0.25) is 0 Å². The summed E-state index contributed by atoms with van der Waals surface area (Å²) in [5.74, 6) is 1.32. The molecule has 0 aromatic heterocycles. The number of hydrogen-bond acceptors (Lipinski definition) is 3. The molecule has 1 amide bonds. The molecule has 0 aliphatic heterocycles. The second kappa shape index (κ2) is 7.54. The molecule has 0 saturated heterocycles. The van der Waals surface area contributed by atoms with Crippen LogP contribution < -0.4 is 10.1 Å². The number of amides is 1. The number of ether oxygens (including phenoxy) is 1. The number of nitrogens with one attached hydrogen (secondary N) is 1. The molecule has 0 aliphatic carbocycles. The number of benzene rings is 1. The molecule has 1 unspecified atom stereocenters. The van der Waals surface area contributed by atoms with Gasteiger partial charge in [0.1, 0.15) is 5.75 Å². The van der Waals surface area contributed by atoms with E-state index in [-0.39, 0.29) is 11.9 Å². The molecule has 18 heavy (non-hydrogen) atoms. The minimum atomic E-state index is -0.189. The molecular formula is C13H18ClNO2S. The molecule has 0 saturated carbocycles. The zero-order valence-corrected chi connectivity index (χ0v) is 12.4. The van der Waals surface area contributed by atoms with Crippen LogP contribution in [-0.4, -0.2) is 31.1 Å². The van der Waals surface area contributed by atoms with Crippen LogP contribution >= 0.6 is 23.4 Å². The van der Waals surface area contributed by atoms with Crippen LogP contribution in [0, 0.1) is 0 Å². The van der Waals surface area contributed by atoms with Crippen molar-refractivity contribution in [1.82, 2.24) is 5.32 Å². The molecule has 5 heteroatoms. The number of hydrogen-bond donors (Lipinski definition) is 1. The van der Waals surface area contributed by atoms with Crippen LogP contribution in [0.4, 0.5) is 0 Å². The molecule has 0 spiro atoms. The number of carbonyl (C=O) groups is 1. The minimum Gasteiger partial charge on any atom is -0.496 e. The summed E-state index contributed by atoms with van der Waals surface area (Å²) < 4.78 is 5.16. The van der Waals surface area contributed by atoms with Crippen LogP contribution in [0.5, 0.6) is 5.75 Å². The Balaban J connectivity index is 2.78. The van der Waals surface area contributed by atoms with Gasteiger partial charge in [-0.15, -0.1) is 0 Å². The van der Waals surface area contributed by atoms with Crippen molar-refractivity contribution in [2.45, 2.75) is 19.4 Å². The Morgan fingerprint density at radius 3 is 2.89 bits per heavy atom. The van der Waals surface area contributed by atoms with Gasteiger partial charge in [-0.1, -0.05) is 17.7 Å². The lowest BCUT2D eigenvalue weighted by atomic mass is 10.1. The zero-order chi connectivity index (χ0) is 13.5. The van der Waals surface area contributed by atoms with Gasteiger partial charge in [0.15, 0.2) is 0 Å². The van der Waals surface area contributed by atoms with E-state index >= 15 is 0 Å². The maximum atomic E-state index is 12.1. The molecule has 1 aromatic carbocycles. The second-order valence-corrected chi connectivity index (χ2v) is 5.37. The van der Waals surface area contributed by atoms with Gasteiger partial charge in [-0.25, -0.2) is 0 Å². The van der Waals surface area contributed by atoms with E-state index < -0.39 is 0 Å². The van der Waals surface area contributed by atoms with Gasteiger partial charge in [-0.3, -0.25) is 4.79 Å². The Morgan fingerprint density at radius 2 is 2.28 bits per heavy atom. The SMILES string of the molecule is COc1cccc(Cl)c1C(=O)NC(C)CCSC. The van der Waals surface area contributed by atoms with Crippen molar-refractivity contribution in [2.24, 2.45) is 0 Å². The van der Waals surface area contributed by atoms with Crippen molar-refractivity contribution >= 4 is 29.3 Å². The van der Waals surface area contributed by atoms with Gasteiger partial charge < -0.3 is 10.1 Å². The fourth-order valence-corrected chi connectivity index (χ4v) is 2.40. The van der Waals surface area contributed by atoms with Crippen LogP contribution in [0.3, 0.4) is 0 Å². The molecular weight excluding hydrogens is 270 g/mol. The highest BCUT2D eigenvalue weighted by Gasteiger charge is 2.17. The zero-order valence-electron chi connectivity index (χ0n) is 10.8.